The van der Waals surface area contributed by atoms with Gasteiger partial charge in [0.1, 0.15) is 0 Å². The second kappa shape index (κ2) is 13.3. The third-order valence-corrected chi connectivity index (χ3v) is 11.0. The Labute approximate surface area is 301 Å². The van der Waals surface area contributed by atoms with Crippen LogP contribution in [0.1, 0.15) is 53.0 Å². The van der Waals surface area contributed by atoms with Crippen molar-refractivity contribution >= 4 is 5.57 Å². The summed E-state index contributed by atoms with van der Waals surface area (Å²) >= 11 is 0. The molecule has 0 radical (unpaired) electrons. The minimum absolute atomic E-state index is 0.358. The van der Waals surface area contributed by atoms with Crippen molar-refractivity contribution in [1.82, 2.24) is 4.98 Å². The zero-order valence-corrected chi connectivity index (χ0v) is 28.6. The van der Waals surface area contributed by atoms with E-state index in [0.717, 1.165) is 25.0 Å². The van der Waals surface area contributed by atoms with Gasteiger partial charge in [-0.25, -0.2) is 0 Å². The highest BCUT2D eigenvalue weighted by molar-refractivity contribution is 5.88. The fourth-order valence-electron chi connectivity index (χ4n) is 8.52. The highest BCUT2D eigenvalue weighted by Crippen LogP contribution is 2.57. The monoisotopic (exact) mass is 653 g/mol. The van der Waals surface area contributed by atoms with E-state index in [1.54, 1.807) is 0 Å². The molecule has 1 nitrogen and oxygen atoms in total. The van der Waals surface area contributed by atoms with Gasteiger partial charge in [-0.1, -0.05) is 176 Å². The lowest BCUT2D eigenvalue weighted by Crippen LogP contribution is -2.30. The lowest BCUT2D eigenvalue weighted by atomic mass is 9.65. The van der Waals surface area contributed by atoms with Crippen molar-refractivity contribution in [3.05, 3.63) is 239 Å². The molecule has 1 heterocycles. The molecule has 0 saturated heterocycles. The first-order valence-electron chi connectivity index (χ1n) is 18.1. The molecule has 244 valence electrons. The van der Waals surface area contributed by atoms with Crippen molar-refractivity contribution in [1.29, 1.82) is 0 Å². The van der Waals surface area contributed by atoms with Gasteiger partial charge in [0.05, 0.1) is 11.1 Å². The number of benzene rings is 4. The van der Waals surface area contributed by atoms with Crippen molar-refractivity contribution < 1.29 is 0 Å². The summed E-state index contributed by atoms with van der Waals surface area (Å²) in [5.41, 5.74) is 16.2. The quantitative estimate of drug-likeness (QED) is 0.178. The molecule has 1 spiro atoms. The minimum Gasteiger partial charge on any atom is -0.256 e. The average molecular weight is 654 g/mol. The lowest BCUT2D eigenvalue weighted by molar-refractivity contribution is 0.755. The SMILES string of the molecule is C1=C(CC(c2ccccc2)c2ccccc2)CCC(c2cccc(-c3ccc4c(c3)C3(C5=C\C=C/C=C\C3=C\C=C/C=C\5)c3cccnc3-4)c2)=C1. The molecular formula is C50H39N. The molecule has 0 unspecified atom stereocenters. The van der Waals surface area contributed by atoms with E-state index in [4.69, 9.17) is 4.98 Å². The van der Waals surface area contributed by atoms with Gasteiger partial charge in [0.15, 0.2) is 0 Å². The molecule has 1 aromatic heterocycles. The molecule has 51 heavy (non-hydrogen) atoms. The minimum atomic E-state index is -0.459. The van der Waals surface area contributed by atoms with Crippen molar-refractivity contribution in [3.63, 3.8) is 0 Å². The molecule has 0 aliphatic heterocycles. The van der Waals surface area contributed by atoms with Crippen molar-refractivity contribution in [2.24, 2.45) is 0 Å². The fraction of sp³-hybridized carbons (Fsp3) is 0.100. The summed E-state index contributed by atoms with van der Waals surface area (Å²) in [6, 6.07) is 42.4. The van der Waals surface area contributed by atoms with Crippen LogP contribution in [-0.2, 0) is 5.41 Å². The Bertz CT molecular complexity index is 2300. The van der Waals surface area contributed by atoms with Gasteiger partial charge in [-0.2, -0.15) is 0 Å². The maximum absolute atomic E-state index is 4.97. The van der Waals surface area contributed by atoms with E-state index in [1.807, 2.05) is 6.20 Å². The van der Waals surface area contributed by atoms with Crippen LogP contribution >= 0.6 is 0 Å². The molecule has 4 aliphatic carbocycles. The standard InChI is InChI=1S/C50H39N/c1-5-15-38(16-6-1)46(39-17-7-2-8-18-39)33-36-26-28-37(29-27-36)40-19-13-20-41(34-40)42-30-31-45-48(35-42)50(47-25-14-32-51-49(45)47)43-21-9-3-10-22-44(50)24-12-4-11-23-43/h1-26,28,30-32,34-35,46H,27,29,33H2/b9-3-,10-3?,11-4?,12-4-,21-9?,22-10-,23-11-,24-12?,43-21-,43-23?,44-22?,44-24-. The highest BCUT2D eigenvalue weighted by Gasteiger charge is 2.48. The van der Waals surface area contributed by atoms with Crippen LogP contribution in [0.2, 0.25) is 0 Å². The molecule has 1 heteroatoms. The van der Waals surface area contributed by atoms with Gasteiger partial charge in [0.25, 0.3) is 0 Å². The first kappa shape index (κ1) is 31.0. The zero-order valence-electron chi connectivity index (χ0n) is 28.6. The van der Waals surface area contributed by atoms with E-state index in [-0.39, 0.29) is 0 Å². The molecule has 0 amide bonds. The molecule has 4 aliphatic rings. The Morgan fingerprint density at radius 1 is 0.529 bits per heavy atom. The summed E-state index contributed by atoms with van der Waals surface area (Å²) in [7, 11) is 0. The number of aromatic nitrogens is 1. The molecule has 0 fully saturated rings. The summed E-state index contributed by atoms with van der Waals surface area (Å²) in [5, 5.41) is 0. The lowest BCUT2D eigenvalue weighted by Gasteiger charge is -2.36. The number of pyridine rings is 1. The maximum atomic E-state index is 4.97. The van der Waals surface area contributed by atoms with Crippen LogP contribution in [0.15, 0.2) is 211 Å². The highest BCUT2D eigenvalue weighted by atomic mass is 14.7. The largest absolute Gasteiger partial charge is 0.256 e. The van der Waals surface area contributed by atoms with Gasteiger partial charge in [0.2, 0.25) is 0 Å². The molecule has 0 atom stereocenters. The Kier molecular flexibility index (Phi) is 8.10. The van der Waals surface area contributed by atoms with Crippen LogP contribution in [0.5, 0.6) is 0 Å². The number of nitrogens with zero attached hydrogens (tertiary/aromatic N) is 1. The molecule has 5 aromatic rings. The Hall–Kier alpha value is -6.05. The molecular weight excluding hydrogens is 615 g/mol. The van der Waals surface area contributed by atoms with Gasteiger partial charge in [-0.15, -0.1) is 0 Å². The predicted molar refractivity (Wildman–Crippen MR) is 213 cm³/mol. The van der Waals surface area contributed by atoms with Crippen molar-refractivity contribution in [2.45, 2.75) is 30.6 Å². The molecule has 9 rings (SSSR count). The second-order valence-electron chi connectivity index (χ2n) is 13.8. The molecule has 2 bridgehead atoms. The summed E-state index contributed by atoms with van der Waals surface area (Å²) in [6.07, 6.45) is 31.8. The molecule has 0 N–H and O–H groups in total. The number of hydrogen-bond acceptors (Lipinski definition) is 1. The van der Waals surface area contributed by atoms with Gasteiger partial charge in [-0.3, -0.25) is 4.98 Å². The van der Waals surface area contributed by atoms with Crippen LogP contribution in [0.4, 0.5) is 0 Å². The van der Waals surface area contributed by atoms with E-state index >= 15 is 0 Å². The van der Waals surface area contributed by atoms with E-state index in [2.05, 4.69) is 188 Å². The third kappa shape index (κ3) is 5.56. The third-order valence-electron chi connectivity index (χ3n) is 11.0. The van der Waals surface area contributed by atoms with Gasteiger partial charge in [0, 0.05) is 17.7 Å². The van der Waals surface area contributed by atoms with E-state index in [0.29, 0.717) is 5.92 Å². The maximum Gasteiger partial charge on any atom is 0.0753 e. The molecule has 4 aromatic carbocycles. The number of rotatable bonds is 6. The van der Waals surface area contributed by atoms with E-state index in [9.17, 15) is 0 Å². The Balaban J connectivity index is 1.08. The molecule has 0 saturated carbocycles. The summed E-state index contributed by atoms with van der Waals surface area (Å²) in [6.45, 7) is 0. The summed E-state index contributed by atoms with van der Waals surface area (Å²) in [5.74, 6) is 0.358. The van der Waals surface area contributed by atoms with E-state index < -0.39 is 5.41 Å². The Morgan fingerprint density at radius 2 is 1.22 bits per heavy atom. The van der Waals surface area contributed by atoms with Crippen molar-refractivity contribution in [2.75, 3.05) is 0 Å². The predicted octanol–water partition coefficient (Wildman–Crippen LogP) is 12.4. The van der Waals surface area contributed by atoms with Gasteiger partial charge >= 0.3 is 0 Å². The number of fused-ring (bicyclic) bond motifs is 3. The first-order chi connectivity index (χ1) is 25.3. The van der Waals surface area contributed by atoms with Crippen LogP contribution in [0.3, 0.4) is 0 Å². The fourth-order valence-corrected chi connectivity index (χ4v) is 8.52. The average Bonchev–Trinajstić information content (AvgIpc) is 3.48. The van der Waals surface area contributed by atoms with Crippen molar-refractivity contribution in [3.8, 4) is 22.4 Å². The smallest absolute Gasteiger partial charge is 0.0753 e. The second-order valence-corrected chi connectivity index (χ2v) is 13.8. The summed E-state index contributed by atoms with van der Waals surface area (Å²) < 4.78 is 0. The topological polar surface area (TPSA) is 12.9 Å². The van der Waals surface area contributed by atoms with Crippen LogP contribution in [0.25, 0.3) is 28.0 Å². The van der Waals surface area contributed by atoms with Gasteiger partial charge < -0.3 is 0 Å². The number of allylic oxidation sites excluding steroid dienone is 16. The van der Waals surface area contributed by atoms with Crippen LogP contribution in [0, 0.1) is 0 Å². The van der Waals surface area contributed by atoms with Gasteiger partial charge in [-0.05, 0) is 93.1 Å². The number of hydrogen-bond donors (Lipinski definition) is 0. The van der Waals surface area contributed by atoms with E-state index in [1.165, 1.54) is 66.8 Å². The Morgan fingerprint density at radius 3 is 1.90 bits per heavy atom. The van der Waals surface area contributed by atoms with Crippen LogP contribution in [-0.4, -0.2) is 4.98 Å². The normalized spacial score (nSPS) is 23.1. The van der Waals surface area contributed by atoms with Crippen LogP contribution < -0.4 is 0 Å². The zero-order chi connectivity index (χ0) is 34.0. The summed E-state index contributed by atoms with van der Waals surface area (Å²) in [4.78, 5) is 4.97. The first-order valence-corrected chi connectivity index (χ1v) is 18.1.